The highest BCUT2D eigenvalue weighted by molar-refractivity contribution is 14.1. The van der Waals surface area contributed by atoms with Gasteiger partial charge in [-0.2, -0.15) is 0 Å². The lowest BCUT2D eigenvalue weighted by Gasteiger charge is -1.45. The Morgan fingerprint density at radius 1 is 1.60 bits per heavy atom. The summed E-state index contributed by atoms with van der Waals surface area (Å²) in [6.07, 6.45) is 1.47. The van der Waals surface area contributed by atoms with Gasteiger partial charge in [0.2, 0.25) is 0 Å². The molecule has 0 aliphatic heterocycles. The fraction of sp³-hybridized carbons (Fsp3) is 1.00. The summed E-state index contributed by atoms with van der Waals surface area (Å²) >= 11 is 6.93. The summed E-state index contributed by atoms with van der Waals surface area (Å²) < 4.78 is 1.22. The lowest BCUT2D eigenvalue weighted by atomic mass is 11.0. The van der Waals surface area contributed by atoms with E-state index in [-0.39, 0.29) is 0 Å². The Kier molecular flexibility index (Phi) is 37.3. The second kappa shape index (κ2) is 19.9. The fourth-order valence-electron chi connectivity index (χ4n) is 0. The van der Waals surface area contributed by atoms with E-state index in [0.717, 1.165) is 0 Å². The first-order chi connectivity index (χ1) is 2.41. The van der Waals surface area contributed by atoms with E-state index >= 15 is 0 Å². The van der Waals surface area contributed by atoms with E-state index in [9.17, 15) is 0 Å². The van der Waals surface area contributed by atoms with Gasteiger partial charge < -0.3 is 0 Å². The van der Waals surface area contributed by atoms with Crippen molar-refractivity contribution in [3.05, 3.63) is 0 Å². The molecular weight excluding hydrogens is 198 g/mol. The molecular formula is C3H8ClI. The number of hydrogen-bond donors (Lipinski definition) is 0. The first-order valence-corrected chi connectivity index (χ1v) is 3.63. The Morgan fingerprint density at radius 3 is 1.60 bits per heavy atom. The van der Waals surface area contributed by atoms with E-state index in [1.807, 2.05) is 0 Å². The molecule has 0 heterocycles. The topological polar surface area (TPSA) is 0 Å². The monoisotopic (exact) mass is 206 g/mol. The van der Waals surface area contributed by atoms with Crippen LogP contribution in [0.4, 0.5) is 0 Å². The van der Waals surface area contributed by atoms with Crippen LogP contribution in [0, 0.1) is 0 Å². The Hall–Kier alpha value is 1.02. The second-order valence-electron chi connectivity index (χ2n) is 0.267. The predicted molar refractivity (Wildman–Crippen MR) is 36.3 cm³/mol. The molecule has 0 amide bonds. The van der Waals surface area contributed by atoms with Crippen LogP contribution < -0.4 is 0 Å². The number of halogens is 2. The van der Waals surface area contributed by atoms with Crippen molar-refractivity contribution < 1.29 is 0 Å². The van der Waals surface area contributed by atoms with Gasteiger partial charge in [0.15, 0.2) is 0 Å². The summed E-state index contributed by atoms with van der Waals surface area (Å²) in [5.74, 6) is 0. The molecule has 0 saturated heterocycles. The maximum atomic E-state index is 4.64. The summed E-state index contributed by atoms with van der Waals surface area (Å²) in [5, 5.41) is 0. The lowest BCUT2D eigenvalue weighted by molar-refractivity contribution is 1.58. The van der Waals surface area contributed by atoms with Crippen molar-refractivity contribution in [1.82, 2.24) is 0 Å². The van der Waals surface area contributed by atoms with Crippen LogP contribution in [0.2, 0.25) is 0 Å². The molecule has 0 aromatic rings. The molecule has 0 saturated carbocycles. The van der Waals surface area contributed by atoms with Crippen molar-refractivity contribution >= 4 is 34.2 Å². The van der Waals surface area contributed by atoms with E-state index in [2.05, 4.69) is 41.1 Å². The van der Waals surface area contributed by atoms with Gasteiger partial charge in [0.05, 0.1) is 0 Å². The highest BCUT2D eigenvalue weighted by Crippen LogP contribution is 1.69. The Labute approximate surface area is 52.0 Å². The van der Waals surface area contributed by atoms with Crippen LogP contribution in [0.3, 0.4) is 0 Å². The molecule has 0 unspecified atom stereocenters. The molecule has 0 nitrogen and oxygen atoms in total. The van der Waals surface area contributed by atoms with Crippen molar-refractivity contribution in [3.8, 4) is 0 Å². The van der Waals surface area contributed by atoms with E-state index in [1.165, 1.54) is 10.8 Å². The third-order valence-electron chi connectivity index (χ3n) is 0. The van der Waals surface area contributed by atoms with Gasteiger partial charge in [0.25, 0.3) is 0 Å². The minimum Gasteiger partial charge on any atom is -0.130 e. The molecule has 0 aromatic carbocycles. The first-order valence-electron chi connectivity index (χ1n) is 1.35. The molecule has 0 aliphatic carbocycles. The third kappa shape index (κ3) is 44.0. The largest absolute Gasteiger partial charge is 0.130 e. The SMILES string of the molecule is CCI.CCl. The maximum absolute atomic E-state index is 4.64. The van der Waals surface area contributed by atoms with Crippen molar-refractivity contribution in [3.63, 3.8) is 0 Å². The molecule has 0 atom stereocenters. The Morgan fingerprint density at radius 2 is 1.60 bits per heavy atom. The fourth-order valence-corrected chi connectivity index (χ4v) is 0. The molecule has 0 aliphatic rings. The molecule has 0 fully saturated rings. The smallest absolute Gasteiger partial charge is 0.0108 e. The van der Waals surface area contributed by atoms with Crippen LogP contribution >= 0.6 is 34.2 Å². The van der Waals surface area contributed by atoms with Gasteiger partial charge in [0, 0.05) is 6.38 Å². The zero-order chi connectivity index (χ0) is 4.71. The normalized spacial score (nSPS) is 4.80. The van der Waals surface area contributed by atoms with Crippen molar-refractivity contribution in [2.24, 2.45) is 0 Å². The minimum atomic E-state index is 1.22. The highest BCUT2D eigenvalue weighted by Gasteiger charge is 1.38. The van der Waals surface area contributed by atoms with Gasteiger partial charge in [-0.05, 0) is 4.43 Å². The van der Waals surface area contributed by atoms with Crippen LogP contribution in [0.1, 0.15) is 6.92 Å². The molecule has 34 valence electrons. The second-order valence-corrected chi connectivity index (χ2v) is 1.79. The number of alkyl halides is 2. The molecule has 0 aromatic heterocycles. The summed E-state index contributed by atoms with van der Waals surface area (Å²) in [5.41, 5.74) is 0. The standard InChI is InChI=1S/C2H5I.CH3Cl/c1-2-3;1-2/h2H2,1H3;1H3. The van der Waals surface area contributed by atoms with Crippen molar-refractivity contribution in [1.29, 1.82) is 0 Å². The van der Waals surface area contributed by atoms with E-state index < -0.39 is 0 Å². The average molecular weight is 206 g/mol. The van der Waals surface area contributed by atoms with Crippen LogP contribution in [0.5, 0.6) is 0 Å². The van der Waals surface area contributed by atoms with Gasteiger partial charge >= 0.3 is 0 Å². The number of rotatable bonds is 0. The van der Waals surface area contributed by atoms with E-state index in [1.54, 1.807) is 0 Å². The molecule has 0 N–H and O–H groups in total. The van der Waals surface area contributed by atoms with Crippen molar-refractivity contribution in [2.75, 3.05) is 10.8 Å². The van der Waals surface area contributed by atoms with E-state index in [4.69, 9.17) is 0 Å². The zero-order valence-electron chi connectivity index (χ0n) is 3.46. The summed E-state index contributed by atoms with van der Waals surface area (Å²) in [4.78, 5) is 0. The van der Waals surface area contributed by atoms with Crippen LogP contribution in [0.15, 0.2) is 0 Å². The van der Waals surface area contributed by atoms with Gasteiger partial charge in [-0.25, -0.2) is 0 Å². The van der Waals surface area contributed by atoms with Gasteiger partial charge in [-0.3, -0.25) is 0 Å². The molecule has 2 heteroatoms. The summed E-state index contributed by atoms with van der Waals surface area (Å²) in [6.45, 7) is 2.11. The molecule has 0 spiro atoms. The van der Waals surface area contributed by atoms with Crippen molar-refractivity contribution in [2.45, 2.75) is 6.92 Å². The zero-order valence-corrected chi connectivity index (χ0v) is 6.38. The Balaban J connectivity index is 0. The van der Waals surface area contributed by atoms with Gasteiger partial charge in [0.1, 0.15) is 0 Å². The lowest BCUT2D eigenvalue weighted by Crippen LogP contribution is -1.33. The molecule has 5 heavy (non-hydrogen) atoms. The molecule has 0 rings (SSSR count). The minimum absolute atomic E-state index is 1.22. The molecule has 0 bridgehead atoms. The Bertz CT molecular complexity index is 6.85. The van der Waals surface area contributed by atoms with E-state index in [0.29, 0.717) is 0 Å². The van der Waals surface area contributed by atoms with Crippen LogP contribution in [0.25, 0.3) is 0 Å². The van der Waals surface area contributed by atoms with Gasteiger partial charge in [-0.1, -0.05) is 29.5 Å². The molecule has 0 radical (unpaired) electrons. The summed E-state index contributed by atoms with van der Waals surface area (Å²) in [6, 6.07) is 0. The summed E-state index contributed by atoms with van der Waals surface area (Å²) in [7, 11) is 0. The third-order valence-corrected chi connectivity index (χ3v) is 0. The van der Waals surface area contributed by atoms with Crippen LogP contribution in [-0.4, -0.2) is 10.8 Å². The predicted octanol–water partition coefficient (Wildman–Crippen LogP) is 2.30. The average Bonchev–Trinajstić information content (AvgIpc) is 1.46. The first kappa shape index (κ1) is 9.39. The van der Waals surface area contributed by atoms with Crippen LogP contribution in [-0.2, 0) is 0 Å². The quantitative estimate of drug-likeness (QED) is 0.421. The highest BCUT2D eigenvalue weighted by atomic mass is 127. The maximum Gasteiger partial charge on any atom is 0.0108 e. The van der Waals surface area contributed by atoms with Gasteiger partial charge in [-0.15, -0.1) is 11.6 Å². The number of hydrogen-bond acceptors (Lipinski definition) is 0.